The topological polar surface area (TPSA) is 38.2 Å². The first-order chi connectivity index (χ1) is 9.08. The summed E-state index contributed by atoms with van der Waals surface area (Å²) in [5.74, 6) is 0.893. The number of hydrogen-bond donors (Lipinski definition) is 0. The molecule has 1 aromatic heterocycles. The Labute approximate surface area is 117 Å². The average Bonchev–Trinajstić information content (AvgIpc) is 2.37. The highest BCUT2D eigenvalue weighted by atomic mass is 35.5. The lowest BCUT2D eigenvalue weighted by Crippen LogP contribution is -2.53. The fraction of sp³-hybridized carbons (Fsp3) is 0.429. The Kier molecular flexibility index (Phi) is 3.07. The van der Waals surface area contributed by atoms with Crippen LogP contribution in [-0.2, 0) is 4.74 Å². The molecule has 0 aliphatic carbocycles. The molecular weight excluding hydrogens is 262 g/mol. The molecule has 0 bridgehead atoms. The summed E-state index contributed by atoms with van der Waals surface area (Å²) in [4.78, 5) is 11.0. The van der Waals surface area contributed by atoms with Gasteiger partial charge in [-0.3, -0.25) is 0 Å². The van der Waals surface area contributed by atoms with Gasteiger partial charge in [-0.2, -0.15) is 4.98 Å². The van der Waals surface area contributed by atoms with Gasteiger partial charge in [0, 0.05) is 11.9 Å². The Morgan fingerprint density at radius 1 is 1.26 bits per heavy atom. The molecule has 3 rings (SSSR count). The van der Waals surface area contributed by atoms with E-state index in [9.17, 15) is 0 Å². The van der Waals surface area contributed by atoms with Crippen molar-refractivity contribution in [2.75, 3.05) is 24.7 Å². The second-order valence-corrected chi connectivity index (χ2v) is 5.69. The predicted octanol–water partition coefficient (Wildman–Crippen LogP) is 2.90. The summed E-state index contributed by atoms with van der Waals surface area (Å²) in [6, 6.07) is 7.95. The van der Waals surface area contributed by atoms with E-state index >= 15 is 0 Å². The molecule has 4 nitrogen and oxygen atoms in total. The van der Waals surface area contributed by atoms with Crippen LogP contribution in [0.2, 0.25) is 5.28 Å². The maximum atomic E-state index is 6.06. The summed E-state index contributed by atoms with van der Waals surface area (Å²) in [7, 11) is 0. The maximum Gasteiger partial charge on any atom is 0.224 e. The number of rotatable bonds is 1. The summed E-state index contributed by atoms with van der Waals surface area (Å²) < 4.78 is 5.56. The fourth-order valence-electron chi connectivity index (χ4n) is 2.49. The molecule has 1 fully saturated rings. The van der Waals surface area contributed by atoms with E-state index in [1.54, 1.807) is 0 Å². The average molecular weight is 278 g/mol. The van der Waals surface area contributed by atoms with Gasteiger partial charge in [-0.15, -0.1) is 0 Å². The normalized spacial score (nSPS) is 18.8. The van der Waals surface area contributed by atoms with E-state index in [0.29, 0.717) is 13.2 Å². The van der Waals surface area contributed by atoms with Gasteiger partial charge < -0.3 is 9.64 Å². The van der Waals surface area contributed by atoms with Crippen LogP contribution < -0.4 is 4.90 Å². The van der Waals surface area contributed by atoms with Gasteiger partial charge in [-0.05, 0) is 37.6 Å². The zero-order valence-electron chi connectivity index (χ0n) is 11.1. The second-order valence-electron chi connectivity index (χ2n) is 5.35. The summed E-state index contributed by atoms with van der Waals surface area (Å²) in [6.45, 7) is 6.50. The van der Waals surface area contributed by atoms with Gasteiger partial charge in [0.25, 0.3) is 0 Å². The molecule has 1 aliphatic heterocycles. The second kappa shape index (κ2) is 4.62. The third-order valence-corrected chi connectivity index (χ3v) is 3.63. The van der Waals surface area contributed by atoms with Gasteiger partial charge >= 0.3 is 0 Å². The summed E-state index contributed by atoms with van der Waals surface area (Å²) >= 11 is 6.06. The lowest BCUT2D eigenvalue weighted by atomic mass is 10.0. The number of halogens is 1. The van der Waals surface area contributed by atoms with Crippen molar-refractivity contribution in [1.29, 1.82) is 0 Å². The van der Waals surface area contributed by atoms with E-state index in [-0.39, 0.29) is 10.8 Å². The standard InChI is InChI=1S/C14H16ClN3O/c1-14(2)9-19-8-7-18(14)12-10-5-3-4-6-11(10)16-13(15)17-12/h3-6H,7-9H2,1-2H3. The van der Waals surface area contributed by atoms with Crippen LogP contribution >= 0.6 is 11.6 Å². The van der Waals surface area contributed by atoms with Crippen molar-refractivity contribution >= 4 is 28.3 Å². The quantitative estimate of drug-likeness (QED) is 0.751. The third kappa shape index (κ3) is 2.26. The number of nitrogens with zero attached hydrogens (tertiary/aromatic N) is 3. The van der Waals surface area contributed by atoms with E-state index in [1.165, 1.54) is 0 Å². The monoisotopic (exact) mass is 277 g/mol. The van der Waals surface area contributed by atoms with Crippen molar-refractivity contribution in [1.82, 2.24) is 9.97 Å². The number of hydrogen-bond acceptors (Lipinski definition) is 4. The molecule has 0 amide bonds. The molecule has 1 aromatic carbocycles. The minimum atomic E-state index is -0.0985. The molecule has 0 N–H and O–H groups in total. The SMILES string of the molecule is CC1(C)COCCN1c1nc(Cl)nc2ccccc12. The van der Waals surface area contributed by atoms with Crippen LogP contribution in [0.1, 0.15) is 13.8 Å². The molecule has 0 radical (unpaired) electrons. The Bertz CT molecular complexity index is 615. The first kappa shape index (κ1) is 12.6. The van der Waals surface area contributed by atoms with Crippen LogP contribution in [0.5, 0.6) is 0 Å². The minimum absolute atomic E-state index is 0.0985. The number of morpholine rings is 1. The highest BCUT2D eigenvalue weighted by Crippen LogP contribution is 2.31. The first-order valence-corrected chi connectivity index (χ1v) is 6.73. The Morgan fingerprint density at radius 2 is 2.05 bits per heavy atom. The van der Waals surface area contributed by atoms with Crippen LogP contribution in [0.15, 0.2) is 24.3 Å². The van der Waals surface area contributed by atoms with Crippen LogP contribution in [0.25, 0.3) is 10.9 Å². The van der Waals surface area contributed by atoms with Crippen molar-refractivity contribution < 1.29 is 4.74 Å². The molecule has 0 saturated carbocycles. The van der Waals surface area contributed by atoms with Gasteiger partial charge in [0.1, 0.15) is 5.82 Å². The highest BCUT2D eigenvalue weighted by Gasteiger charge is 2.32. The predicted molar refractivity (Wildman–Crippen MR) is 76.8 cm³/mol. The van der Waals surface area contributed by atoms with Crippen LogP contribution in [0.4, 0.5) is 5.82 Å². The van der Waals surface area contributed by atoms with Gasteiger partial charge in [-0.25, -0.2) is 4.98 Å². The van der Waals surface area contributed by atoms with Crippen LogP contribution in [0, 0.1) is 0 Å². The smallest absolute Gasteiger partial charge is 0.224 e. The van der Waals surface area contributed by atoms with E-state index < -0.39 is 0 Å². The van der Waals surface area contributed by atoms with Gasteiger partial charge in [0.2, 0.25) is 5.28 Å². The molecule has 2 heterocycles. The molecule has 19 heavy (non-hydrogen) atoms. The number of aromatic nitrogens is 2. The van der Waals surface area contributed by atoms with E-state index in [2.05, 4.69) is 28.7 Å². The third-order valence-electron chi connectivity index (χ3n) is 3.46. The molecule has 100 valence electrons. The van der Waals surface area contributed by atoms with Gasteiger partial charge in [-0.1, -0.05) is 12.1 Å². The molecule has 1 aliphatic rings. The van der Waals surface area contributed by atoms with Crippen LogP contribution in [-0.4, -0.2) is 35.3 Å². The number of ether oxygens (including phenoxy) is 1. The summed E-state index contributed by atoms with van der Waals surface area (Å²) in [5, 5.41) is 1.32. The highest BCUT2D eigenvalue weighted by molar-refractivity contribution is 6.28. The molecule has 1 saturated heterocycles. The number of para-hydroxylation sites is 1. The maximum absolute atomic E-state index is 6.06. The van der Waals surface area contributed by atoms with Crippen molar-refractivity contribution in [3.05, 3.63) is 29.5 Å². The summed E-state index contributed by atoms with van der Waals surface area (Å²) in [5.41, 5.74) is 0.776. The van der Waals surface area contributed by atoms with Crippen molar-refractivity contribution in [2.24, 2.45) is 0 Å². The fourth-order valence-corrected chi connectivity index (χ4v) is 2.66. The Balaban J connectivity index is 2.18. The molecule has 5 heteroatoms. The van der Waals surface area contributed by atoms with E-state index in [4.69, 9.17) is 16.3 Å². The number of benzene rings is 1. The number of fused-ring (bicyclic) bond motifs is 1. The van der Waals surface area contributed by atoms with Crippen molar-refractivity contribution in [3.63, 3.8) is 0 Å². The largest absolute Gasteiger partial charge is 0.377 e. The number of anilines is 1. The van der Waals surface area contributed by atoms with Crippen molar-refractivity contribution in [2.45, 2.75) is 19.4 Å². The molecular formula is C14H16ClN3O. The van der Waals surface area contributed by atoms with Crippen LogP contribution in [0.3, 0.4) is 0 Å². The zero-order chi connectivity index (χ0) is 13.5. The lowest BCUT2D eigenvalue weighted by Gasteiger charge is -2.43. The van der Waals surface area contributed by atoms with Gasteiger partial charge in [0.05, 0.1) is 24.3 Å². The first-order valence-electron chi connectivity index (χ1n) is 6.36. The molecule has 0 unspecified atom stereocenters. The lowest BCUT2D eigenvalue weighted by molar-refractivity contribution is 0.0641. The molecule has 2 aromatic rings. The van der Waals surface area contributed by atoms with Crippen molar-refractivity contribution in [3.8, 4) is 0 Å². The zero-order valence-corrected chi connectivity index (χ0v) is 11.8. The van der Waals surface area contributed by atoms with E-state index in [1.807, 2.05) is 24.3 Å². The Morgan fingerprint density at radius 3 is 2.84 bits per heavy atom. The summed E-state index contributed by atoms with van der Waals surface area (Å²) in [6.07, 6.45) is 0. The van der Waals surface area contributed by atoms with Gasteiger partial charge in [0.15, 0.2) is 0 Å². The van der Waals surface area contributed by atoms with E-state index in [0.717, 1.165) is 23.3 Å². The minimum Gasteiger partial charge on any atom is -0.377 e. The molecule has 0 spiro atoms. The molecule has 0 atom stereocenters. The Hall–Kier alpha value is -1.39.